The van der Waals surface area contributed by atoms with Crippen molar-refractivity contribution in [2.45, 2.75) is 23.1 Å². The van der Waals surface area contributed by atoms with Gasteiger partial charge >= 0.3 is 0 Å². The van der Waals surface area contributed by atoms with E-state index in [1.54, 1.807) is 93.9 Å². The zero-order valence-corrected chi connectivity index (χ0v) is 26.6. The molecule has 230 valence electrons. The van der Waals surface area contributed by atoms with Gasteiger partial charge in [0.2, 0.25) is 0 Å². The normalized spacial score (nSPS) is 11.0. The molecule has 0 spiro atoms. The van der Waals surface area contributed by atoms with Crippen LogP contribution in [0.1, 0.15) is 33.2 Å². The molecular formula is C33H35N3O6S2. The van der Waals surface area contributed by atoms with Crippen molar-refractivity contribution in [3.8, 4) is 11.5 Å². The maximum absolute atomic E-state index is 13.3. The van der Waals surface area contributed by atoms with E-state index in [0.717, 1.165) is 10.5 Å². The van der Waals surface area contributed by atoms with Gasteiger partial charge in [-0.05, 0) is 98.0 Å². The topological polar surface area (TPSA) is 114 Å². The highest BCUT2D eigenvalue weighted by Crippen LogP contribution is 2.28. The van der Waals surface area contributed by atoms with Crippen LogP contribution in [0, 0.1) is 0 Å². The van der Waals surface area contributed by atoms with E-state index in [1.807, 2.05) is 24.5 Å². The highest BCUT2D eigenvalue weighted by molar-refractivity contribution is 7.98. The molecular weight excluding hydrogens is 599 g/mol. The molecule has 9 nitrogen and oxygen atoms in total. The van der Waals surface area contributed by atoms with Gasteiger partial charge < -0.3 is 20.1 Å². The third-order valence-electron chi connectivity index (χ3n) is 6.92. The number of para-hydroxylation sites is 1. The summed E-state index contributed by atoms with van der Waals surface area (Å²) in [6, 6.07) is 25.4. The number of ether oxygens (including phenoxy) is 2. The van der Waals surface area contributed by atoms with Crippen LogP contribution in [0.2, 0.25) is 0 Å². The molecule has 0 radical (unpaired) electrons. The highest BCUT2D eigenvalue weighted by atomic mass is 32.2. The molecule has 0 unspecified atom stereocenters. The molecule has 0 bridgehead atoms. The van der Waals surface area contributed by atoms with Crippen LogP contribution in [-0.4, -0.2) is 53.8 Å². The van der Waals surface area contributed by atoms with Gasteiger partial charge in [-0.25, -0.2) is 8.42 Å². The number of rotatable bonds is 13. The minimum atomic E-state index is -3.79. The molecule has 0 saturated heterocycles. The minimum Gasteiger partial charge on any atom is -0.493 e. The molecule has 0 heterocycles. The van der Waals surface area contributed by atoms with Crippen molar-refractivity contribution in [2.75, 3.05) is 43.2 Å². The molecule has 2 amide bonds. The Hall–Kier alpha value is -4.48. The van der Waals surface area contributed by atoms with Crippen molar-refractivity contribution in [1.82, 2.24) is 5.32 Å². The summed E-state index contributed by atoms with van der Waals surface area (Å²) in [5, 5.41) is 5.71. The lowest BCUT2D eigenvalue weighted by Gasteiger charge is -2.23. The molecule has 4 aromatic rings. The monoisotopic (exact) mass is 633 g/mol. The molecule has 2 N–H and O–H groups in total. The van der Waals surface area contributed by atoms with Crippen LogP contribution in [0.4, 0.5) is 11.4 Å². The average Bonchev–Trinajstić information content (AvgIpc) is 3.05. The average molecular weight is 634 g/mol. The van der Waals surface area contributed by atoms with Crippen molar-refractivity contribution >= 4 is 45.0 Å². The standard InChI is InChI=1S/C33H35N3O6S2/c1-5-36(44(39,40)27-17-15-26(43-4)16-18-27)25-13-11-24(12-14-25)32(37)35-29-9-7-6-8-28(29)33(38)34-21-20-23-10-19-30(41-2)31(22-23)42-3/h6-19,22H,5,20-21H2,1-4H3,(H,34,38)(H,35,37). The Labute approximate surface area is 262 Å². The van der Waals surface area contributed by atoms with E-state index in [2.05, 4.69) is 10.6 Å². The first kappa shape index (κ1) is 32.4. The van der Waals surface area contributed by atoms with E-state index in [-0.39, 0.29) is 17.3 Å². The van der Waals surface area contributed by atoms with Gasteiger partial charge in [0.25, 0.3) is 21.8 Å². The van der Waals surface area contributed by atoms with E-state index in [4.69, 9.17) is 9.47 Å². The summed E-state index contributed by atoms with van der Waals surface area (Å²) >= 11 is 1.53. The summed E-state index contributed by atoms with van der Waals surface area (Å²) < 4.78 is 38.6. The zero-order valence-electron chi connectivity index (χ0n) is 25.0. The first-order valence-electron chi connectivity index (χ1n) is 13.9. The summed E-state index contributed by atoms with van der Waals surface area (Å²) in [5.41, 5.74) is 2.40. The van der Waals surface area contributed by atoms with Gasteiger partial charge in [-0.1, -0.05) is 18.2 Å². The number of nitrogens with zero attached hydrogens (tertiary/aromatic N) is 1. The zero-order chi connectivity index (χ0) is 31.7. The van der Waals surface area contributed by atoms with Crippen molar-refractivity contribution < 1.29 is 27.5 Å². The molecule has 44 heavy (non-hydrogen) atoms. The minimum absolute atomic E-state index is 0.192. The van der Waals surface area contributed by atoms with Crippen LogP contribution in [0.15, 0.2) is 101 Å². The van der Waals surface area contributed by atoms with E-state index < -0.39 is 15.9 Å². The van der Waals surface area contributed by atoms with Crippen molar-refractivity contribution in [3.63, 3.8) is 0 Å². The molecule has 0 saturated carbocycles. The lowest BCUT2D eigenvalue weighted by Crippen LogP contribution is -2.30. The number of carbonyl (C=O) groups is 2. The Morgan fingerprint density at radius 3 is 2.16 bits per heavy atom. The third kappa shape index (κ3) is 7.53. The first-order chi connectivity index (χ1) is 21.2. The van der Waals surface area contributed by atoms with Crippen LogP contribution in [0.25, 0.3) is 0 Å². The lowest BCUT2D eigenvalue weighted by molar-refractivity contribution is 0.0955. The van der Waals surface area contributed by atoms with Crippen LogP contribution >= 0.6 is 11.8 Å². The Kier molecular flexibility index (Phi) is 10.9. The van der Waals surface area contributed by atoms with E-state index in [9.17, 15) is 18.0 Å². The second kappa shape index (κ2) is 14.8. The number of nitrogens with one attached hydrogen (secondary N) is 2. The molecule has 0 fully saturated rings. The van der Waals surface area contributed by atoms with Crippen LogP contribution in [-0.2, 0) is 16.4 Å². The molecule has 0 aliphatic rings. The summed E-state index contributed by atoms with van der Waals surface area (Å²) in [6.45, 7) is 2.34. The quantitative estimate of drug-likeness (QED) is 0.177. The van der Waals surface area contributed by atoms with Gasteiger partial charge in [0, 0.05) is 23.5 Å². The predicted molar refractivity (Wildman–Crippen MR) is 175 cm³/mol. The van der Waals surface area contributed by atoms with Gasteiger partial charge in [0.15, 0.2) is 11.5 Å². The number of anilines is 2. The number of benzene rings is 4. The Morgan fingerprint density at radius 2 is 1.52 bits per heavy atom. The number of thioether (sulfide) groups is 1. The van der Waals surface area contributed by atoms with Crippen molar-refractivity contribution in [3.05, 3.63) is 108 Å². The SMILES string of the molecule is CCN(c1ccc(C(=O)Nc2ccccc2C(=O)NCCc2ccc(OC)c(OC)c2)cc1)S(=O)(=O)c1ccc(SC)cc1. The van der Waals surface area contributed by atoms with E-state index in [0.29, 0.717) is 47.0 Å². The van der Waals surface area contributed by atoms with Gasteiger partial charge in [-0.15, -0.1) is 11.8 Å². The Balaban J connectivity index is 1.42. The number of sulfonamides is 1. The fraction of sp³-hybridized carbons (Fsp3) is 0.212. The molecule has 11 heteroatoms. The first-order valence-corrected chi connectivity index (χ1v) is 16.5. The fourth-order valence-electron chi connectivity index (χ4n) is 4.58. The van der Waals surface area contributed by atoms with Gasteiger partial charge in [-0.2, -0.15) is 0 Å². The second-order valence-electron chi connectivity index (χ2n) is 9.59. The largest absolute Gasteiger partial charge is 0.493 e. The fourth-order valence-corrected chi connectivity index (χ4v) is 6.46. The van der Waals surface area contributed by atoms with Gasteiger partial charge in [-0.3, -0.25) is 13.9 Å². The lowest BCUT2D eigenvalue weighted by atomic mass is 10.1. The van der Waals surface area contributed by atoms with Crippen molar-refractivity contribution in [1.29, 1.82) is 0 Å². The number of hydrogen-bond acceptors (Lipinski definition) is 7. The van der Waals surface area contributed by atoms with E-state index >= 15 is 0 Å². The van der Waals surface area contributed by atoms with Crippen LogP contribution in [0.5, 0.6) is 11.5 Å². The Morgan fingerprint density at radius 1 is 0.841 bits per heavy atom. The van der Waals surface area contributed by atoms with Crippen LogP contribution in [0.3, 0.4) is 0 Å². The van der Waals surface area contributed by atoms with E-state index in [1.165, 1.54) is 16.1 Å². The maximum Gasteiger partial charge on any atom is 0.264 e. The molecule has 4 rings (SSSR count). The molecule has 0 aromatic heterocycles. The highest BCUT2D eigenvalue weighted by Gasteiger charge is 2.24. The number of hydrogen-bond donors (Lipinski definition) is 2. The number of amides is 2. The van der Waals surface area contributed by atoms with Gasteiger partial charge in [0.1, 0.15) is 0 Å². The maximum atomic E-state index is 13.3. The second-order valence-corrected chi connectivity index (χ2v) is 12.3. The summed E-state index contributed by atoms with van der Waals surface area (Å²) in [5.74, 6) is 0.485. The third-order valence-corrected chi connectivity index (χ3v) is 9.58. The molecule has 0 atom stereocenters. The molecule has 0 aliphatic carbocycles. The predicted octanol–water partition coefficient (Wildman–Crippen LogP) is 5.87. The molecule has 4 aromatic carbocycles. The number of methoxy groups -OCH3 is 2. The summed E-state index contributed by atoms with van der Waals surface area (Å²) in [4.78, 5) is 27.3. The van der Waals surface area contributed by atoms with Gasteiger partial charge in [0.05, 0.1) is 36.1 Å². The summed E-state index contributed by atoms with van der Waals surface area (Å²) in [7, 11) is -0.648. The smallest absolute Gasteiger partial charge is 0.264 e. The Bertz CT molecular complexity index is 1710. The van der Waals surface area contributed by atoms with Crippen LogP contribution < -0.4 is 24.4 Å². The number of carbonyl (C=O) groups excluding carboxylic acids is 2. The van der Waals surface area contributed by atoms with Crippen molar-refractivity contribution in [2.24, 2.45) is 0 Å². The molecule has 0 aliphatic heterocycles. The summed E-state index contributed by atoms with van der Waals surface area (Å²) in [6.07, 6.45) is 2.50.